The second-order valence-corrected chi connectivity index (χ2v) is 3.88. The van der Waals surface area contributed by atoms with Crippen molar-refractivity contribution in [1.29, 1.82) is 0 Å². The molecule has 2 nitrogen and oxygen atoms in total. The molecule has 70 valence electrons. The zero-order valence-electron chi connectivity index (χ0n) is 7.54. The number of hydrogen-bond donors (Lipinski definition) is 1. The molecular weight excluding hydrogens is 232 g/mol. The van der Waals surface area contributed by atoms with Crippen LogP contribution in [0.2, 0.25) is 0 Å². The first-order chi connectivity index (χ1) is 6.04. The summed E-state index contributed by atoms with van der Waals surface area (Å²) in [4.78, 5) is 10.8. The van der Waals surface area contributed by atoms with Gasteiger partial charge < -0.3 is 5.11 Å². The molecule has 1 rings (SSSR count). The largest absolute Gasteiger partial charge is 0.481 e. The SMILES string of the molecule is Cc1cccc(Br)c1C(C)C(=O)O. The van der Waals surface area contributed by atoms with Crippen LogP contribution in [0.3, 0.4) is 0 Å². The van der Waals surface area contributed by atoms with E-state index in [4.69, 9.17) is 5.11 Å². The molecule has 1 unspecified atom stereocenters. The van der Waals surface area contributed by atoms with Crippen LogP contribution in [0.25, 0.3) is 0 Å². The summed E-state index contributed by atoms with van der Waals surface area (Å²) in [7, 11) is 0. The minimum Gasteiger partial charge on any atom is -0.481 e. The standard InChI is InChI=1S/C10H11BrO2/c1-6-4-3-5-8(11)9(6)7(2)10(12)13/h3-5,7H,1-2H3,(H,12,13). The van der Waals surface area contributed by atoms with Gasteiger partial charge in [0.15, 0.2) is 0 Å². The van der Waals surface area contributed by atoms with Crippen LogP contribution in [0.4, 0.5) is 0 Å². The number of aryl methyl sites for hydroxylation is 1. The van der Waals surface area contributed by atoms with Gasteiger partial charge in [-0.2, -0.15) is 0 Å². The Morgan fingerprint density at radius 3 is 2.62 bits per heavy atom. The molecule has 1 atom stereocenters. The summed E-state index contributed by atoms with van der Waals surface area (Å²) in [5.41, 5.74) is 1.86. The molecule has 1 N–H and O–H groups in total. The summed E-state index contributed by atoms with van der Waals surface area (Å²) >= 11 is 3.35. The summed E-state index contributed by atoms with van der Waals surface area (Å²) in [5, 5.41) is 8.86. The van der Waals surface area contributed by atoms with Gasteiger partial charge in [-0.3, -0.25) is 4.79 Å². The van der Waals surface area contributed by atoms with Crippen LogP contribution >= 0.6 is 15.9 Å². The highest BCUT2D eigenvalue weighted by Gasteiger charge is 2.17. The molecule has 13 heavy (non-hydrogen) atoms. The third-order valence-corrected chi connectivity index (χ3v) is 2.77. The molecule has 0 aromatic heterocycles. The molecule has 0 spiro atoms. The van der Waals surface area contributed by atoms with Crippen molar-refractivity contribution >= 4 is 21.9 Å². The van der Waals surface area contributed by atoms with Crippen molar-refractivity contribution < 1.29 is 9.90 Å². The van der Waals surface area contributed by atoms with E-state index in [9.17, 15) is 4.79 Å². The summed E-state index contributed by atoms with van der Waals surface area (Å²) in [6.07, 6.45) is 0. The van der Waals surface area contributed by atoms with E-state index >= 15 is 0 Å². The van der Waals surface area contributed by atoms with Crippen LogP contribution in [0, 0.1) is 6.92 Å². The summed E-state index contributed by atoms with van der Waals surface area (Å²) in [6.45, 7) is 3.61. The number of rotatable bonds is 2. The molecule has 0 aliphatic rings. The molecular formula is C10H11BrO2. The van der Waals surface area contributed by atoms with E-state index in [-0.39, 0.29) is 0 Å². The number of halogens is 1. The van der Waals surface area contributed by atoms with Gasteiger partial charge in [0.05, 0.1) is 5.92 Å². The van der Waals surface area contributed by atoms with Crippen LogP contribution < -0.4 is 0 Å². The number of benzene rings is 1. The van der Waals surface area contributed by atoms with Crippen LogP contribution in [-0.4, -0.2) is 11.1 Å². The van der Waals surface area contributed by atoms with Crippen molar-refractivity contribution in [2.24, 2.45) is 0 Å². The Hall–Kier alpha value is -0.830. The highest BCUT2D eigenvalue weighted by molar-refractivity contribution is 9.10. The van der Waals surface area contributed by atoms with Gasteiger partial charge in [0.2, 0.25) is 0 Å². The molecule has 1 aromatic carbocycles. The fourth-order valence-electron chi connectivity index (χ4n) is 1.32. The molecule has 0 fully saturated rings. The lowest BCUT2D eigenvalue weighted by atomic mass is 9.97. The summed E-state index contributed by atoms with van der Waals surface area (Å²) in [5.74, 6) is -1.26. The quantitative estimate of drug-likeness (QED) is 0.866. The Bertz CT molecular complexity index is 313. The van der Waals surface area contributed by atoms with Gasteiger partial charge >= 0.3 is 5.97 Å². The first-order valence-corrected chi connectivity index (χ1v) is 4.81. The van der Waals surface area contributed by atoms with Gasteiger partial charge in [0, 0.05) is 4.47 Å². The molecule has 0 bridgehead atoms. The van der Waals surface area contributed by atoms with Gasteiger partial charge in [0.25, 0.3) is 0 Å². The number of aliphatic carboxylic acids is 1. The summed E-state index contributed by atoms with van der Waals surface area (Å²) in [6, 6.07) is 5.68. The molecule has 0 heterocycles. The molecule has 0 radical (unpaired) electrons. The lowest BCUT2D eigenvalue weighted by Crippen LogP contribution is -2.09. The highest BCUT2D eigenvalue weighted by atomic mass is 79.9. The van der Waals surface area contributed by atoms with E-state index < -0.39 is 11.9 Å². The Morgan fingerprint density at radius 2 is 2.15 bits per heavy atom. The maximum absolute atomic E-state index is 10.8. The third-order valence-electron chi connectivity index (χ3n) is 2.07. The second-order valence-electron chi connectivity index (χ2n) is 3.03. The lowest BCUT2D eigenvalue weighted by Gasteiger charge is -2.11. The number of carboxylic acid groups (broad SMARTS) is 1. The van der Waals surface area contributed by atoms with E-state index in [0.29, 0.717) is 0 Å². The third kappa shape index (κ3) is 2.10. The highest BCUT2D eigenvalue weighted by Crippen LogP contribution is 2.27. The fraction of sp³-hybridized carbons (Fsp3) is 0.300. The van der Waals surface area contributed by atoms with Crippen molar-refractivity contribution in [1.82, 2.24) is 0 Å². The molecule has 0 aliphatic heterocycles. The van der Waals surface area contributed by atoms with E-state index in [1.165, 1.54) is 0 Å². The molecule has 0 aliphatic carbocycles. The maximum Gasteiger partial charge on any atom is 0.310 e. The first kappa shape index (κ1) is 10.3. The minimum absolute atomic E-state index is 0.462. The lowest BCUT2D eigenvalue weighted by molar-refractivity contribution is -0.138. The predicted octanol–water partition coefficient (Wildman–Crippen LogP) is 2.95. The number of carboxylic acids is 1. The van der Waals surface area contributed by atoms with Crippen molar-refractivity contribution in [3.8, 4) is 0 Å². The second kappa shape index (κ2) is 3.92. The Labute approximate surface area is 85.7 Å². The minimum atomic E-state index is -0.796. The Balaban J connectivity index is 3.20. The van der Waals surface area contributed by atoms with Crippen molar-refractivity contribution in [3.63, 3.8) is 0 Å². The van der Waals surface area contributed by atoms with Gasteiger partial charge in [0.1, 0.15) is 0 Å². The normalized spacial score (nSPS) is 12.5. The fourth-order valence-corrected chi connectivity index (χ4v) is 2.13. The van der Waals surface area contributed by atoms with Crippen LogP contribution in [0.5, 0.6) is 0 Å². The molecule has 0 amide bonds. The predicted molar refractivity (Wildman–Crippen MR) is 54.9 cm³/mol. The van der Waals surface area contributed by atoms with E-state index in [2.05, 4.69) is 15.9 Å². The molecule has 0 saturated heterocycles. The van der Waals surface area contributed by atoms with Crippen LogP contribution in [0.15, 0.2) is 22.7 Å². The topological polar surface area (TPSA) is 37.3 Å². The van der Waals surface area contributed by atoms with Crippen molar-refractivity contribution in [2.75, 3.05) is 0 Å². The van der Waals surface area contributed by atoms with Gasteiger partial charge in [-0.15, -0.1) is 0 Å². The molecule has 1 aromatic rings. The van der Waals surface area contributed by atoms with Crippen LogP contribution in [0.1, 0.15) is 24.0 Å². The average molecular weight is 243 g/mol. The zero-order valence-corrected chi connectivity index (χ0v) is 9.13. The van der Waals surface area contributed by atoms with Gasteiger partial charge in [-0.1, -0.05) is 28.1 Å². The van der Waals surface area contributed by atoms with Crippen molar-refractivity contribution in [3.05, 3.63) is 33.8 Å². The van der Waals surface area contributed by atoms with Gasteiger partial charge in [-0.05, 0) is 31.0 Å². The number of hydrogen-bond acceptors (Lipinski definition) is 1. The Morgan fingerprint density at radius 1 is 1.54 bits per heavy atom. The first-order valence-electron chi connectivity index (χ1n) is 4.02. The number of carbonyl (C=O) groups is 1. The molecule has 0 saturated carbocycles. The smallest absolute Gasteiger partial charge is 0.310 e. The van der Waals surface area contributed by atoms with Crippen molar-refractivity contribution in [2.45, 2.75) is 19.8 Å². The monoisotopic (exact) mass is 242 g/mol. The van der Waals surface area contributed by atoms with E-state index in [1.807, 2.05) is 25.1 Å². The maximum atomic E-state index is 10.8. The van der Waals surface area contributed by atoms with E-state index in [0.717, 1.165) is 15.6 Å². The molecule has 3 heteroatoms. The summed E-state index contributed by atoms with van der Waals surface area (Å²) < 4.78 is 0.863. The van der Waals surface area contributed by atoms with Crippen LogP contribution in [-0.2, 0) is 4.79 Å². The average Bonchev–Trinajstić information content (AvgIpc) is 2.03. The zero-order chi connectivity index (χ0) is 10.0. The van der Waals surface area contributed by atoms with Gasteiger partial charge in [-0.25, -0.2) is 0 Å². The van der Waals surface area contributed by atoms with E-state index in [1.54, 1.807) is 6.92 Å². The Kier molecular flexibility index (Phi) is 3.09.